The molecule has 3 N–H and O–H groups in total. The Balaban J connectivity index is 1.32. The van der Waals surface area contributed by atoms with Gasteiger partial charge in [0, 0.05) is 18.2 Å². The molecule has 1 aliphatic rings. The molecule has 1 aliphatic carbocycles. The Morgan fingerprint density at radius 1 is 0.970 bits per heavy atom. The molecular weight excluding hydrogens is 416 g/mol. The normalized spacial score (nSPS) is 12.3. The smallest absolute Gasteiger partial charge is 0.407 e. The van der Waals surface area contributed by atoms with Gasteiger partial charge >= 0.3 is 12.1 Å². The van der Waals surface area contributed by atoms with Crippen LogP contribution >= 0.6 is 0 Å². The number of rotatable bonds is 7. The number of hydrogen-bond donors (Lipinski definition) is 2. The molecule has 6 nitrogen and oxygen atoms in total. The number of anilines is 1. The van der Waals surface area contributed by atoms with Gasteiger partial charge in [-0.25, -0.2) is 9.59 Å². The molecule has 0 radical (unpaired) electrons. The number of benzene rings is 3. The Labute approximate surface area is 193 Å². The minimum atomic E-state index is -0.481. The topological polar surface area (TPSA) is 90.6 Å². The predicted octanol–water partition coefficient (Wildman–Crippen LogP) is 5.00. The Morgan fingerprint density at radius 3 is 2.30 bits per heavy atom. The average molecular weight is 443 g/mol. The van der Waals surface area contributed by atoms with Crippen molar-refractivity contribution in [3.05, 3.63) is 95.1 Å². The maximum absolute atomic E-state index is 12.3. The summed E-state index contributed by atoms with van der Waals surface area (Å²) in [7, 11) is 0. The van der Waals surface area contributed by atoms with Crippen molar-refractivity contribution in [1.29, 1.82) is 0 Å². The van der Waals surface area contributed by atoms with E-state index in [1.165, 1.54) is 22.3 Å². The van der Waals surface area contributed by atoms with E-state index in [1.54, 1.807) is 37.3 Å². The maximum Gasteiger partial charge on any atom is 0.407 e. The number of carbonyl (C=O) groups is 2. The lowest BCUT2D eigenvalue weighted by atomic mass is 9.98. The standard InChI is InChI=1S/C27H26N2O4/c1-2-32-26(30)23-16-18(13-14-25(23)28)8-7-15-29-27(31)33-17-24-21-11-5-3-9-19(21)20-10-4-6-12-22(20)24/h3-14,16,24H,2,15,17,28H2,1H3,(H,29,31). The molecule has 0 aromatic heterocycles. The van der Waals surface area contributed by atoms with Crippen molar-refractivity contribution in [3.8, 4) is 11.1 Å². The summed E-state index contributed by atoms with van der Waals surface area (Å²) in [6.45, 7) is 2.58. The third-order valence-electron chi connectivity index (χ3n) is 5.59. The number of nitrogens with one attached hydrogen (secondary N) is 1. The Kier molecular flexibility index (Phi) is 6.74. The lowest BCUT2D eigenvalue weighted by molar-refractivity contribution is 0.0527. The largest absolute Gasteiger partial charge is 0.462 e. The van der Waals surface area contributed by atoms with E-state index in [1.807, 2.05) is 24.3 Å². The van der Waals surface area contributed by atoms with Crippen LogP contribution in [0.25, 0.3) is 17.2 Å². The van der Waals surface area contributed by atoms with Gasteiger partial charge in [-0.3, -0.25) is 0 Å². The van der Waals surface area contributed by atoms with Gasteiger partial charge < -0.3 is 20.5 Å². The molecule has 0 aliphatic heterocycles. The number of esters is 1. The first-order valence-electron chi connectivity index (χ1n) is 10.9. The first-order valence-corrected chi connectivity index (χ1v) is 10.9. The summed E-state index contributed by atoms with van der Waals surface area (Å²) in [4.78, 5) is 24.2. The Morgan fingerprint density at radius 2 is 1.64 bits per heavy atom. The molecule has 0 saturated carbocycles. The molecule has 0 heterocycles. The van der Waals surface area contributed by atoms with Crippen LogP contribution in [-0.2, 0) is 9.47 Å². The number of carbonyl (C=O) groups excluding carboxylic acids is 2. The van der Waals surface area contributed by atoms with Crippen LogP contribution in [0.2, 0.25) is 0 Å². The van der Waals surface area contributed by atoms with Crippen molar-refractivity contribution >= 4 is 23.8 Å². The van der Waals surface area contributed by atoms with Gasteiger partial charge in [0.2, 0.25) is 0 Å². The van der Waals surface area contributed by atoms with Crippen LogP contribution in [0.15, 0.2) is 72.8 Å². The molecule has 4 rings (SSSR count). The summed E-state index contributed by atoms with van der Waals surface area (Å²) in [5.41, 5.74) is 12.1. The monoisotopic (exact) mass is 442 g/mol. The minimum Gasteiger partial charge on any atom is -0.462 e. The fourth-order valence-electron chi connectivity index (χ4n) is 4.05. The number of ether oxygens (including phenoxy) is 2. The fourth-order valence-corrected chi connectivity index (χ4v) is 4.05. The second-order valence-corrected chi connectivity index (χ2v) is 7.68. The van der Waals surface area contributed by atoms with Gasteiger partial charge in [0.05, 0.1) is 12.2 Å². The molecule has 1 amide bonds. The maximum atomic E-state index is 12.3. The molecule has 0 atom stereocenters. The number of amides is 1. The molecule has 6 heteroatoms. The predicted molar refractivity (Wildman–Crippen MR) is 129 cm³/mol. The SMILES string of the molecule is CCOC(=O)c1cc(C=CCNC(=O)OCC2c3ccccc3-c3ccccc32)ccc1N. The summed E-state index contributed by atoms with van der Waals surface area (Å²) in [6.07, 6.45) is 3.10. The molecular formula is C27H26N2O4. The first kappa shape index (κ1) is 22.1. The number of fused-ring (bicyclic) bond motifs is 3. The van der Waals surface area contributed by atoms with Gasteiger partial charge in [0.15, 0.2) is 0 Å². The van der Waals surface area contributed by atoms with E-state index in [0.717, 1.165) is 5.56 Å². The van der Waals surface area contributed by atoms with Crippen LogP contribution in [0, 0.1) is 0 Å². The fraction of sp³-hybridized carbons (Fsp3) is 0.185. The quantitative estimate of drug-likeness (QED) is 0.397. The van der Waals surface area contributed by atoms with Crippen molar-refractivity contribution in [1.82, 2.24) is 5.32 Å². The molecule has 0 unspecified atom stereocenters. The molecule has 0 bridgehead atoms. The summed E-state index contributed by atoms with van der Waals surface area (Å²) in [5.74, 6) is -0.434. The molecule has 0 fully saturated rings. The zero-order chi connectivity index (χ0) is 23.2. The van der Waals surface area contributed by atoms with Gasteiger partial charge in [-0.05, 0) is 46.9 Å². The van der Waals surface area contributed by atoms with Crippen LogP contribution in [0.5, 0.6) is 0 Å². The molecule has 0 spiro atoms. The molecule has 3 aromatic carbocycles. The van der Waals surface area contributed by atoms with E-state index in [2.05, 4.69) is 29.6 Å². The van der Waals surface area contributed by atoms with Gasteiger partial charge in [-0.2, -0.15) is 0 Å². The summed E-state index contributed by atoms with van der Waals surface area (Å²) < 4.78 is 10.5. The van der Waals surface area contributed by atoms with Crippen molar-refractivity contribution in [3.63, 3.8) is 0 Å². The highest BCUT2D eigenvalue weighted by Crippen LogP contribution is 2.44. The summed E-state index contributed by atoms with van der Waals surface area (Å²) in [6, 6.07) is 21.5. The zero-order valence-corrected chi connectivity index (χ0v) is 18.4. The van der Waals surface area contributed by atoms with Gasteiger partial charge in [-0.1, -0.05) is 66.7 Å². The lowest BCUT2D eigenvalue weighted by Gasteiger charge is -2.14. The highest BCUT2D eigenvalue weighted by molar-refractivity contribution is 5.95. The van der Waals surface area contributed by atoms with Crippen molar-refractivity contribution < 1.29 is 19.1 Å². The van der Waals surface area contributed by atoms with E-state index in [9.17, 15) is 9.59 Å². The van der Waals surface area contributed by atoms with E-state index < -0.39 is 12.1 Å². The van der Waals surface area contributed by atoms with Gasteiger partial charge in [0.25, 0.3) is 0 Å². The van der Waals surface area contributed by atoms with Crippen molar-refractivity contribution in [2.75, 3.05) is 25.5 Å². The van der Waals surface area contributed by atoms with Gasteiger partial charge in [0.1, 0.15) is 6.61 Å². The molecule has 3 aromatic rings. The van der Waals surface area contributed by atoms with Crippen LogP contribution in [0.1, 0.15) is 39.9 Å². The van der Waals surface area contributed by atoms with E-state index in [-0.39, 0.29) is 25.7 Å². The first-order chi connectivity index (χ1) is 16.1. The van der Waals surface area contributed by atoms with Crippen LogP contribution < -0.4 is 11.1 Å². The highest BCUT2D eigenvalue weighted by atomic mass is 16.5. The van der Waals surface area contributed by atoms with Crippen molar-refractivity contribution in [2.45, 2.75) is 12.8 Å². The zero-order valence-electron chi connectivity index (χ0n) is 18.4. The van der Waals surface area contributed by atoms with Crippen molar-refractivity contribution in [2.24, 2.45) is 0 Å². The summed E-state index contributed by atoms with van der Waals surface area (Å²) in [5, 5.41) is 2.73. The summed E-state index contributed by atoms with van der Waals surface area (Å²) >= 11 is 0. The van der Waals surface area contributed by atoms with Crippen LogP contribution in [0.3, 0.4) is 0 Å². The highest BCUT2D eigenvalue weighted by Gasteiger charge is 2.28. The third kappa shape index (κ3) is 4.90. The van der Waals surface area contributed by atoms with Crippen LogP contribution in [0.4, 0.5) is 10.5 Å². The Hall–Kier alpha value is -4.06. The number of alkyl carbamates (subject to hydrolysis) is 1. The van der Waals surface area contributed by atoms with E-state index in [0.29, 0.717) is 11.3 Å². The number of hydrogen-bond acceptors (Lipinski definition) is 5. The lowest BCUT2D eigenvalue weighted by Crippen LogP contribution is -2.26. The second kappa shape index (κ2) is 10.0. The van der Waals surface area contributed by atoms with E-state index in [4.69, 9.17) is 15.2 Å². The minimum absolute atomic E-state index is 0.0229. The molecule has 33 heavy (non-hydrogen) atoms. The number of nitrogen functional groups attached to an aromatic ring is 1. The van der Waals surface area contributed by atoms with Crippen LogP contribution in [-0.4, -0.2) is 31.8 Å². The van der Waals surface area contributed by atoms with Gasteiger partial charge in [-0.15, -0.1) is 0 Å². The second-order valence-electron chi connectivity index (χ2n) is 7.68. The molecule has 168 valence electrons. The number of nitrogens with two attached hydrogens (primary N) is 1. The van der Waals surface area contributed by atoms with E-state index >= 15 is 0 Å². The average Bonchev–Trinajstić information content (AvgIpc) is 3.15. The molecule has 0 saturated heterocycles. The Bertz CT molecular complexity index is 1160. The third-order valence-corrected chi connectivity index (χ3v) is 5.59.